The van der Waals surface area contributed by atoms with Crippen LogP contribution in [0, 0.1) is 0 Å². The first kappa shape index (κ1) is 14.9. The van der Waals surface area contributed by atoms with Crippen LogP contribution in [-0.4, -0.2) is 13.9 Å². The van der Waals surface area contributed by atoms with E-state index in [4.69, 9.17) is 0 Å². The minimum absolute atomic E-state index is 0.290. The van der Waals surface area contributed by atoms with Gasteiger partial charge in [0.15, 0.2) is 11.8 Å². The van der Waals surface area contributed by atoms with Gasteiger partial charge in [0.1, 0.15) is 7.05 Å². The number of aromatic nitrogens is 1. The maximum atomic E-state index is 2.39. The number of hydrogen-bond donors (Lipinski definition) is 0. The van der Waals surface area contributed by atoms with Crippen LogP contribution in [0.5, 0.6) is 0 Å². The minimum atomic E-state index is 0.290. The molecule has 0 spiro atoms. The molecule has 0 radical (unpaired) electrons. The highest BCUT2D eigenvalue weighted by Crippen LogP contribution is 2.29. The van der Waals surface area contributed by atoms with Crippen LogP contribution in [0.15, 0.2) is 48.1 Å². The summed E-state index contributed by atoms with van der Waals surface area (Å²) in [6.07, 6.45) is 4.51. The molecule has 3 rings (SSSR count). The monoisotopic (exact) mass is 291 g/mol. The Balaban J connectivity index is 2.12. The summed E-state index contributed by atoms with van der Waals surface area (Å²) in [5.41, 5.74) is 6.73. The van der Waals surface area contributed by atoms with Gasteiger partial charge < -0.3 is 4.81 Å². The Bertz CT molecular complexity index is 734. The van der Waals surface area contributed by atoms with Gasteiger partial charge in [0.25, 0.3) is 0 Å². The number of rotatable bonds is 2. The number of pyridine rings is 1. The van der Waals surface area contributed by atoms with Gasteiger partial charge in [-0.2, -0.15) is 0 Å². The Morgan fingerprint density at radius 2 is 1.86 bits per heavy atom. The van der Waals surface area contributed by atoms with Crippen molar-refractivity contribution >= 4 is 24.2 Å². The Morgan fingerprint density at radius 1 is 1.14 bits per heavy atom. The highest BCUT2D eigenvalue weighted by molar-refractivity contribution is 6.82. The Hall–Kier alpha value is -2.03. The van der Waals surface area contributed by atoms with E-state index in [0.717, 1.165) is 0 Å². The van der Waals surface area contributed by atoms with Crippen molar-refractivity contribution in [1.29, 1.82) is 0 Å². The summed E-state index contributed by atoms with van der Waals surface area (Å²) < 4.78 is 2.25. The lowest BCUT2D eigenvalue weighted by atomic mass is 9.49. The molecule has 1 aromatic carbocycles. The van der Waals surface area contributed by atoms with E-state index in [0.29, 0.717) is 12.8 Å². The highest BCUT2D eigenvalue weighted by atomic mass is 15.1. The third-order valence-electron chi connectivity index (χ3n) is 4.68. The number of benzene rings is 1. The van der Waals surface area contributed by atoms with E-state index in [9.17, 15) is 0 Å². The first-order valence-electron chi connectivity index (χ1n) is 7.98. The summed E-state index contributed by atoms with van der Waals surface area (Å²) in [5, 5.41) is 0. The second-order valence-corrected chi connectivity index (χ2v) is 6.61. The zero-order valence-corrected chi connectivity index (χ0v) is 14.2. The quantitative estimate of drug-likeness (QED) is 0.609. The number of nitrogens with zero attached hydrogens (tertiary/aromatic N) is 2. The van der Waals surface area contributed by atoms with Crippen LogP contribution in [0.3, 0.4) is 0 Å². The lowest BCUT2D eigenvalue weighted by Crippen LogP contribution is -2.62. The van der Waals surface area contributed by atoms with E-state index in [1.807, 2.05) is 0 Å². The fourth-order valence-corrected chi connectivity index (χ4v) is 3.37. The van der Waals surface area contributed by atoms with Crippen molar-refractivity contribution in [3.8, 4) is 0 Å². The molecule has 3 heteroatoms. The molecule has 1 aliphatic rings. The largest absolute Gasteiger partial charge is 0.404 e. The van der Waals surface area contributed by atoms with Gasteiger partial charge in [-0.25, -0.2) is 4.57 Å². The zero-order chi connectivity index (χ0) is 15.9. The van der Waals surface area contributed by atoms with Gasteiger partial charge in [-0.15, -0.1) is 0 Å². The standard InChI is InChI=1S/C19H24BN2/c1-14(2)16-10-11-21(4)19(13-16)20-15(3)12-17-8-6-7-9-18(17)22(20)5/h6-14H,1-5H3/q+1. The minimum Gasteiger partial charge on any atom is -0.404 e. The van der Waals surface area contributed by atoms with Gasteiger partial charge in [-0.1, -0.05) is 43.6 Å². The maximum Gasteiger partial charge on any atom is 0.399 e. The molecule has 0 saturated carbocycles. The molecule has 0 bridgehead atoms. The van der Waals surface area contributed by atoms with E-state index in [1.54, 1.807) is 0 Å². The average Bonchev–Trinajstić information content (AvgIpc) is 2.48. The van der Waals surface area contributed by atoms with Crippen molar-refractivity contribution in [1.82, 2.24) is 0 Å². The topological polar surface area (TPSA) is 7.12 Å². The number of allylic oxidation sites excluding steroid dienone is 1. The summed E-state index contributed by atoms with van der Waals surface area (Å²) in [6, 6.07) is 13.2. The van der Waals surface area contributed by atoms with Crippen molar-refractivity contribution in [2.75, 3.05) is 11.9 Å². The summed E-state index contributed by atoms with van der Waals surface area (Å²) in [4.78, 5) is 2.39. The van der Waals surface area contributed by atoms with E-state index in [1.165, 1.54) is 27.9 Å². The molecule has 0 amide bonds. The average molecular weight is 291 g/mol. The van der Waals surface area contributed by atoms with Gasteiger partial charge >= 0.3 is 6.85 Å². The van der Waals surface area contributed by atoms with Gasteiger partial charge in [0.2, 0.25) is 0 Å². The second kappa shape index (κ2) is 5.64. The summed E-state index contributed by atoms with van der Waals surface area (Å²) in [6.45, 7) is 7.03. The number of para-hydroxylation sites is 1. The molecule has 0 N–H and O–H groups in total. The van der Waals surface area contributed by atoms with Crippen LogP contribution in [0.2, 0.25) is 0 Å². The fraction of sp³-hybridized carbons (Fsp3) is 0.316. The maximum absolute atomic E-state index is 2.39. The van der Waals surface area contributed by atoms with Crippen molar-refractivity contribution in [2.24, 2.45) is 7.05 Å². The van der Waals surface area contributed by atoms with Gasteiger partial charge in [-0.3, -0.25) is 0 Å². The molecule has 112 valence electrons. The molecule has 22 heavy (non-hydrogen) atoms. The smallest absolute Gasteiger partial charge is 0.399 e. The molecule has 0 aliphatic carbocycles. The normalized spacial score (nSPS) is 14.2. The van der Waals surface area contributed by atoms with E-state index in [2.05, 4.69) is 92.9 Å². The third-order valence-corrected chi connectivity index (χ3v) is 4.68. The van der Waals surface area contributed by atoms with Crippen LogP contribution in [0.4, 0.5) is 5.69 Å². The zero-order valence-electron chi connectivity index (χ0n) is 14.2. The number of anilines is 1. The predicted octanol–water partition coefficient (Wildman–Crippen LogP) is 2.93. The van der Waals surface area contributed by atoms with E-state index < -0.39 is 0 Å². The Kier molecular flexibility index (Phi) is 3.82. The Labute approximate surface area is 134 Å². The molecular weight excluding hydrogens is 267 g/mol. The molecule has 0 atom stereocenters. The second-order valence-electron chi connectivity index (χ2n) is 6.61. The molecule has 0 saturated heterocycles. The van der Waals surface area contributed by atoms with Crippen molar-refractivity contribution in [3.63, 3.8) is 0 Å². The summed E-state index contributed by atoms with van der Waals surface area (Å²) in [7, 11) is 4.34. The molecule has 2 aromatic rings. The Morgan fingerprint density at radius 3 is 2.59 bits per heavy atom. The molecule has 2 heterocycles. The van der Waals surface area contributed by atoms with Crippen LogP contribution in [0.25, 0.3) is 6.08 Å². The van der Waals surface area contributed by atoms with Crippen molar-refractivity contribution in [2.45, 2.75) is 26.7 Å². The predicted molar refractivity (Wildman–Crippen MR) is 95.6 cm³/mol. The van der Waals surface area contributed by atoms with Gasteiger partial charge in [0.05, 0.1) is 0 Å². The van der Waals surface area contributed by atoms with Crippen LogP contribution in [0.1, 0.15) is 37.8 Å². The molecular formula is C19H24BN2+. The SMILES string of the molecule is CC1=Cc2ccccc2N(C)B1c1cc(C(C)C)cc[n+]1C. The van der Waals surface area contributed by atoms with Crippen molar-refractivity contribution < 1.29 is 4.57 Å². The van der Waals surface area contributed by atoms with Gasteiger partial charge in [-0.05, 0) is 37.1 Å². The number of fused-ring (bicyclic) bond motifs is 1. The summed E-state index contributed by atoms with van der Waals surface area (Å²) in [5.74, 6) is 0.547. The first-order chi connectivity index (χ1) is 10.5. The van der Waals surface area contributed by atoms with E-state index in [-0.39, 0.29) is 0 Å². The first-order valence-corrected chi connectivity index (χ1v) is 7.98. The fourth-order valence-electron chi connectivity index (χ4n) is 3.37. The highest BCUT2D eigenvalue weighted by Gasteiger charge is 2.36. The number of aryl methyl sites for hydroxylation is 1. The van der Waals surface area contributed by atoms with Gasteiger partial charge in [0, 0.05) is 17.8 Å². The molecule has 0 unspecified atom stereocenters. The summed E-state index contributed by atoms with van der Waals surface area (Å²) >= 11 is 0. The van der Waals surface area contributed by atoms with E-state index >= 15 is 0 Å². The lowest BCUT2D eigenvalue weighted by molar-refractivity contribution is -0.654. The molecule has 1 aromatic heterocycles. The molecule has 1 aliphatic heterocycles. The van der Waals surface area contributed by atoms with Crippen LogP contribution >= 0.6 is 0 Å². The number of hydrogen-bond acceptors (Lipinski definition) is 1. The third kappa shape index (κ3) is 2.45. The lowest BCUT2D eigenvalue weighted by Gasteiger charge is -2.31. The van der Waals surface area contributed by atoms with Crippen LogP contribution in [-0.2, 0) is 7.05 Å². The van der Waals surface area contributed by atoms with Crippen molar-refractivity contribution in [3.05, 3.63) is 59.2 Å². The van der Waals surface area contributed by atoms with Crippen LogP contribution < -0.4 is 15.0 Å². The molecule has 2 nitrogen and oxygen atoms in total. The molecule has 0 fully saturated rings.